The number of esters is 1. The highest BCUT2D eigenvalue weighted by molar-refractivity contribution is 5.81. The van der Waals surface area contributed by atoms with E-state index in [0.717, 1.165) is 4.57 Å². The molecule has 1 aliphatic rings. The van der Waals surface area contributed by atoms with E-state index >= 15 is 0 Å². The minimum atomic E-state index is -1.17. The van der Waals surface area contributed by atoms with E-state index in [1.165, 1.54) is 4.90 Å². The fourth-order valence-corrected chi connectivity index (χ4v) is 3.58. The van der Waals surface area contributed by atoms with Crippen LogP contribution < -0.4 is 11.2 Å². The predicted octanol–water partition coefficient (Wildman–Crippen LogP) is 1.68. The Labute approximate surface area is 196 Å². The molecular weight excluding hydrogens is 453 g/mol. The van der Waals surface area contributed by atoms with E-state index in [-0.39, 0.29) is 13.0 Å². The number of carbonyl (C=O) groups is 2. The highest BCUT2D eigenvalue weighted by Crippen LogP contribution is 2.28. The summed E-state index contributed by atoms with van der Waals surface area (Å²) in [6, 6.07) is -0.884. The number of carbonyl (C=O) groups excluding carboxylic acids is 2. The molecule has 0 radical (unpaired) electrons. The number of nitrogens with zero attached hydrogens (tertiary/aromatic N) is 2. The van der Waals surface area contributed by atoms with E-state index in [4.69, 9.17) is 14.2 Å². The first kappa shape index (κ1) is 27.5. The van der Waals surface area contributed by atoms with Crippen LogP contribution >= 0.6 is 0 Å². The number of aliphatic hydroxyl groups excluding tert-OH is 1. The maximum Gasteiger partial charge on any atom is 0.411 e. The number of hydrogen-bond donors (Lipinski definition) is 2. The molecule has 0 aliphatic carbocycles. The first-order valence-corrected chi connectivity index (χ1v) is 11.4. The van der Waals surface area contributed by atoms with E-state index in [1.807, 2.05) is 18.8 Å². The Morgan fingerprint density at radius 3 is 2.59 bits per heavy atom. The molecule has 1 saturated heterocycles. The molecule has 1 fully saturated rings. The molecule has 34 heavy (non-hydrogen) atoms. The lowest BCUT2D eigenvalue weighted by atomic mass is 10.1. The number of aromatic amines is 1. The maximum absolute atomic E-state index is 13.6. The standard InChI is InChI=1S/C22H34FN3O8/c1-6-8-14(25(9-7-2)21(31)34-22(3,4)5)19(29)32-12-16-15(27)10-17(33-16)26-11-13(23)18(28)24-20(26)30/h11,14-17,27H,6-10,12H2,1-5H3,(H,24,28,30)/t14-,15+,16-,17-/m1/s1. The molecule has 2 N–H and O–H groups in total. The van der Waals surface area contributed by atoms with E-state index in [1.54, 1.807) is 20.8 Å². The summed E-state index contributed by atoms with van der Waals surface area (Å²) < 4.78 is 30.8. The second-order valence-corrected chi connectivity index (χ2v) is 9.18. The number of H-pyrrole nitrogens is 1. The average molecular weight is 488 g/mol. The Kier molecular flexibility index (Phi) is 9.39. The molecule has 1 amide bonds. The number of aliphatic hydroxyl groups is 1. The molecule has 0 aromatic carbocycles. The Hall–Kier alpha value is -2.73. The molecule has 2 rings (SSSR count). The monoisotopic (exact) mass is 487 g/mol. The Balaban J connectivity index is 2.09. The molecule has 0 saturated carbocycles. The van der Waals surface area contributed by atoms with Gasteiger partial charge in [0.15, 0.2) is 0 Å². The summed E-state index contributed by atoms with van der Waals surface area (Å²) in [5.41, 5.74) is -2.79. The lowest BCUT2D eigenvalue weighted by molar-refractivity contribution is -0.156. The van der Waals surface area contributed by atoms with Crippen LogP contribution in [0.2, 0.25) is 0 Å². The molecule has 0 spiro atoms. The topological polar surface area (TPSA) is 140 Å². The summed E-state index contributed by atoms with van der Waals surface area (Å²) in [6.07, 6.45) is -1.59. The van der Waals surface area contributed by atoms with Gasteiger partial charge in [-0.15, -0.1) is 0 Å². The molecular formula is C22H34FN3O8. The van der Waals surface area contributed by atoms with Crippen molar-refractivity contribution in [2.24, 2.45) is 0 Å². The van der Waals surface area contributed by atoms with Crippen LogP contribution in [0.15, 0.2) is 15.8 Å². The average Bonchev–Trinajstić information content (AvgIpc) is 3.10. The van der Waals surface area contributed by atoms with E-state index in [0.29, 0.717) is 32.0 Å². The summed E-state index contributed by atoms with van der Waals surface area (Å²) in [4.78, 5) is 52.0. The Morgan fingerprint density at radius 1 is 1.32 bits per heavy atom. The van der Waals surface area contributed by atoms with Crippen molar-refractivity contribution in [1.82, 2.24) is 14.5 Å². The van der Waals surface area contributed by atoms with Gasteiger partial charge in [-0.2, -0.15) is 4.39 Å². The Bertz CT molecular complexity index is 970. The zero-order valence-electron chi connectivity index (χ0n) is 20.2. The van der Waals surface area contributed by atoms with Crippen molar-refractivity contribution < 1.29 is 33.3 Å². The molecule has 1 aromatic heterocycles. The molecule has 0 bridgehead atoms. The van der Waals surface area contributed by atoms with Crippen molar-refractivity contribution in [2.75, 3.05) is 13.2 Å². The molecule has 1 aliphatic heterocycles. The molecule has 0 unspecified atom stereocenters. The number of ether oxygens (including phenoxy) is 3. The smallest absolute Gasteiger partial charge is 0.411 e. The maximum atomic E-state index is 13.6. The number of amides is 1. The van der Waals surface area contributed by atoms with Crippen molar-refractivity contribution in [3.8, 4) is 0 Å². The molecule has 12 heteroatoms. The fraction of sp³-hybridized carbons (Fsp3) is 0.727. The largest absolute Gasteiger partial charge is 0.461 e. The Morgan fingerprint density at radius 2 is 2.00 bits per heavy atom. The second kappa shape index (κ2) is 11.6. The van der Waals surface area contributed by atoms with Crippen LogP contribution in [0.5, 0.6) is 0 Å². The van der Waals surface area contributed by atoms with E-state index in [9.17, 15) is 28.7 Å². The fourth-order valence-electron chi connectivity index (χ4n) is 3.58. The molecule has 11 nitrogen and oxygen atoms in total. The first-order valence-electron chi connectivity index (χ1n) is 11.4. The van der Waals surface area contributed by atoms with Crippen LogP contribution in [0, 0.1) is 5.82 Å². The van der Waals surface area contributed by atoms with Gasteiger partial charge >= 0.3 is 17.8 Å². The highest BCUT2D eigenvalue weighted by atomic mass is 19.1. The van der Waals surface area contributed by atoms with Gasteiger partial charge in [0.25, 0.3) is 5.56 Å². The number of halogens is 1. The van der Waals surface area contributed by atoms with Crippen LogP contribution in [0.1, 0.15) is 66.5 Å². The summed E-state index contributed by atoms with van der Waals surface area (Å²) in [7, 11) is 0. The van der Waals surface area contributed by atoms with E-state index < -0.39 is 59.2 Å². The third kappa shape index (κ3) is 7.13. The van der Waals surface area contributed by atoms with Crippen molar-refractivity contribution in [2.45, 2.75) is 90.4 Å². The normalized spacial score (nSPS) is 21.2. The summed E-state index contributed by atoms with van der Waals surface area (Å²) in [6.45, 7) is 8.89. The van der Waals surface area contributed by atoms with Gasteiger partial charge in [-0.3, -0.25) is 19.2 Å². The molecule has 2 heterocycles. The lowest BCUT2D eigenvalue weighted by Crippen LogP contribution is -2.48. The van der Waals surface area contributed by atoms with Crippen LogP contribution in [0.4, 0.5) is 9.18 Å². The van der Waals surface area contributed by atoms with Crippen LogP contribution in [0.25, 0.3) is 0 Å². The van der Waals surface area contributed by atoms with Gasteiger partial charge < -0.3 is 19.3 Å². The third-order valence-corrected chi connectivity index (χ3v) is 5.13. The molecule has 192 valence electrons. The molecule has 1 aromatic rings. The highest BCUT2D eigenvalue weighted by Gasteiger charge is 2.38. The zero-order chi connectivity index (χ0) is 25.6. The predicted molar refractivity (Wildman–Crippen MR) is 119 cm³/mol. The van der Waals surface area contributed by atoms with Gasteiger partial charge in [-0.05, 0) is 33.6 Å². The number of aromatic nitrogens is 2. The van der Waals surface area contributed by atoms with Crippen molar-refractivity contribution in [3.05, 3.63) is 32.9 Å². The minimum Gasteiger partial charge on any atom is -0.461 e. The van der Waals surface area contributed by atoms with Crippen LogP contribution in [-0.4, -0.2) is 68.6 Å². The first-order chi connectivity index (χ1) is 15.9. The van der Waals surface area contributed by atoms with Crippen LogP contribution in [0.3, 0.4) is 0 Å². The zero-order valence-corrected chi connectivity index (χ0v) is 20.2. The van der Waals surface area contributed by atoms with E-state index in [2.05, 4.69) is 0 Å². The molecule has 4 atom stereocenters. The van der Waals surface area contributed by atoms with Crippen molar-refractivity contribution in [1.29, 1.82) is 0 Å². The summed E-state index contributed by atoms with van der Waals surface area (Å²) in [5.74, 6) is -1.85. The summed E-state index contributed by atoms with van der Waals surface area (Å²) in [5, 5.41) is 10.3. The van der Waals surface area contributed by atoms with Gasteiger partial charge in [-0.1, -0.05) is 20.3 Å². The van der Waals surface area contributed by atoms with Crippen molar-refractivity contribution >= 4 is 12.1 Å². The minimum absolute atomic E-state index is 0.0775. The van der Waals surface area contributed by atoms with Crippen LogP contribution in [-0.2, 0) is 19.0 Å². The number of hydrogen-bond acceptors (Lipinski definition) is 8. The van der Waals surface area contributed by atoms with Gasteiger partial charge in [0, 0.05) is 13.0 Å². The second-order valence-electron chi connectivity index (χ2n) is 9.18. The van der Waals surface area contributed by atoms with Gasteiger partial charge in [-0.25, -0.2) is 14.4 Å². The quantitative estimate of drug-likeness (QED) is 0.502. The number of rotatable bonds is 9. The van der Waals surface area contributed by atoms with Gasteiger partial charge in [0.1, 0.15) is 30.6 Å². The van der Waals surface area contributed by atoms with Gasteiger partial charge in [0.2, 0.25) is 5.82 Å². The number of nitrogens with one attached hydrogen (secondary N) is 1. The SMILES string of the molecule is CCC[C@H](C(=O)OC[C@H]1O[C@@H](n2cc(F)c(=O)[nH]c2=O)C[C@@H]1O)N(CCC)C(=O)OC(C)(C)C. The van der Waals surface area contributed by atoms with Crippen molar-refractivity contribution in [3.63, 3.8) is 0 Å². The lowest BCUT2D eigenvalue weighted by Gasteiger charge is -2.32. The van der Waals surface area contributed by atoms with Gasteiger partial charge in [0.05, 0.1) is 12.3 Å². The third-order valence-electron chi connectivity index (χ3n) is 5.13. The summed E-state index contributed by atoms with van der Waals surface area (Å²) >= 11 is 0.